The number of carbonyl (C=O) groups is 1. The first-order valence-electron chi connectivity index (χ1n) is 13.1. The predicted octanol–water partition coefficient (Wildman–Crippen LogP) is 7.72. The minimum absolute atomic E-state index is 0.160. The number of carbonyl (C=O) groups excluding carboxylic acids is 1. The molecule has 2 rings (SSSR count). The van der Waals surface area contributed by atoms with Crippen molar-refractivity contribution in [3.63, 3.8) is 0 Å². The predicted molar refractivity (Wildman–Crippen MR) is 148 cm³/mol. The summed E-state index contributed by atoms with van der Waals surface area (Å²) in [5, 5.41) is 0. The lowest BCUT2D eigenvalue weighted by atomic mass is 10.1. The Balaban J connectivity index is 2.37. The van der Waals surface area contributed by atoms with Gasteiger partial charge in [-0.3, -0.25) is 4.79 Å². The van der Waals surface area contributed by atoms with Gasteiger partial charge in [0.1, 0.15) is 11.5 Å². The van der Waals surface area contributed by atoms with Crippen LogP contribution in [-0.4, -0.2) is 32.2 Å². The smallest absolute Gasteiger partial charge is 0.189 e. The fraction of sp³-hybridized carbons (Fsp3) is 0.516. The van der Waals surface area contributed by atoms with Gasteiger partial charge in [0.25, 0.3) is 0 Å². The lowest BCUT2D eigenvalue weighted by molar-refractivity contribution is 0.104. The van der Waals surface area contributed by atoms with E-state index in [2.05, 4.69) is 55.4 Å². The third kappa shape index (κ3) is 9.96. The molecule has 0 heterocycles. The molecule has 0 aliphatic carbocycles. The molecule has 0 saturated carbocycles. The molecule has 0 aliphatic rings. The number of ether oxygens (including phenoxy) is 4. The highest BCUT2D eigenvalue weighted by atomic mass is 16.5. The molecule has 5 heteroatoms. The van der Waals surface area contributed by atoms with E-state index < -0.39 is 0 Å². The Morgan fingerprint density at radius 3 is 1.86 bits per heavy atom. The number of benzene rings is 2. The van der Waals surface area contributed by atoms with Crippen LogP contribution >= 0.6 is 0 Å². The van der Waals surface area contributed by atoms with Crippen molar-refractivity contribution in [2.45, 2.75) is 55.4 Å². The van der Waals surface area contributed by atoms with Crippen LogP contribution in [0.25, 0.3) is 6.08 Å². The summed E-state index contributed by atoms with van der Waals surface area (Å²) in [6, 6.07) is 11.2. The van der Waals surface area contributed by atoms with Crippen molar-refractivity contribution in [3.8, 4) is 23.0 Å². The van der Waals surface area contributed by atoms with Gasteiger partial charge in [0, 0.05) is 5.56 Å². The first kappa shape index (κ1) is 29.3. The second kappa shape index (κ2) is 14.6. The molecule has 2 aromatic rings. The van der Waals surface area contributed by atoms with E-state index in [4.69, 9.17) is 18.9 Å². The lowest BCUT2D eigenvalue weighted by Gasteiger charge is -2.17. The van der Waals surface area contributed by atoms with Crippen LogP contribution < -0.4 is 18.9 Å². The molecule has 0 aliphatic heterocycles. The molecule has 0 unspecified atom stereocenters. The van der Waals surface area contributed by atoms with Gasteiger partial charge in [-0.15, -0.1) is 0 Å². The number of allylic oxidation sites excluding steroid dienone is 1. The molecule has 0 aromatic heterocycles. The average molecular weight is 497 g/mol. The minimum Gasteiger partial charge on any atom is -0.493 e. The molecule has 0 amide bonds. The highest BCUT2D eigenvalue weighted by Gasteiger charge is 2.17. The molecule has 198 valence electrons. The van der Waals surface area contributed by atoms with Crippen LogP contribution in [0, 0.1) is 23.7 Å². The summed E-state index contributed by atoms with van der Waals surface area (Å²) in [5.41, 5.74) is 1.27. The van der Waals surface area contributed by atoms with Gasteiger partial charge in [-0.2, -0.15) is 0 Å². The van der Waals surface area contributed by atoms with Gasteiger partial charge in [-0.1, -0.05) is 61.5 Å². The van der Waals surface area contributed by atoms with Crippen LogP contribution in [-0.2, 0) is 0 Å². The summed E-state index contributed by atoms with van der Waals surface area (Å²) < 4.78 is 24.0. The van der Waals surface area contributed by atoms with Crippen molar-refractivity contribution in [2.75, 3.05) is 26.4 Å². The Labute approximate surface area is 217 Å². The summed E-state index contributed by atoms with van der Waals surface area (Å²) in [6.07, 6.45) is 3.35. The van der Waals surface area contributed by atoms with Gasteiger partial charge in [0.15, 0.2) is 17.3 Å². The Bertz CT molecular complexity index is 988. The second-order valence-electron chi connectivity index (χ2n) is 10.8. The van der Waals surface area contributed by atoms with Crippen LogP contribution in [0.1, 0.15) is 71.3 Å². The number of para-hydroxylation sites is 1. The number of ketones is 1. The van der Waals surface area contributed by atoms with E-state index in [9.17, 15) is 4.79 Å². The van der Waals surface area contributed by atoms with Crippen LogP contribution in [0.2, 0.25) is 0 Å². The van der Waals surface area contributed by atoms with E-state index in [1.807, 2.05) is 30.3 Å². The van der Waals surface area contributed by atoms with Crippen LogP contribution in [0.5, 0.6) is 23.0 Å². The van der Waals surface area contributed by atoms with E-state index in [0.29, 0.717) is 67.2 Å². The third-order valence-corrected chi connectivity index (χ3v) is 4.93. The summed E-state index contributed by atoms with van der Waals surface area (Å²) in [7, 11) is 0. The van der Waals surface area contributed by atoms with Gasteiger partial charge in [0.2, 0.25) is 0 Å². The number of hydrogen-bond donors (Lipinski definition) is 0. The summed E-state index contributed by atoms with van der Waals surface area (Å²) in [5.74, 6) is 3.86. The van der Waals surface area contributed by atoms with Crippen molar-refractivity contribution in [2.24, 2.45) is 23.7 Å². The Hall–Kier alpha value is -2.95. The van der Waals surface area contributed by atoms with Gasteiger partial charge < -0.3 is 18.9 Å². The van der Waals surface area contributed by atoms with E-state index in [1.54, 1.807) is 18.2 Å². The first-order chi connectivity index (χ1) is 17.1. The molecule has 0 spiro atoms. The third-order valence-electron chi connectivity index (χ3n) is 4.93. The van der Waals surface area contributed by atoms with Crippen LogP contribution in [0.4, 0.5) is 0 Å². The number of rotatable bonds is 15. The number of hydrogen-bond acceptors (Lipinski definition) is 5. The maximum atomic E-state index is 13.4. The summed E-state index contributed by atoms with van der Waals surface area (Å²) >= 11 is 0. The molecule has 0 radical (unpaired) electrons. The van der Waals surface area contributed by atoms with Crippen molar-refractivity contribution in [3.05, 3.63) is 53.6 Å². The van der Waals surface area contributed by atoms with Crippen LogP contribution in [0.3, 0.4) is 0 Å². The maximum Gasteiger partial charge on any atom is 0.189 e. The van der Waals surface area contributed by atoms with Crippen LogP contribution in [0.15, 0.2) is 42.5 Å². The molecule has 0 bridgehead atoms. The van der Waals surface area contributed by atoms with Crippen molar-refractivity contribution >= 4 is 11.9 Å². The van der Waals surface area contributed by atoms with Crippen molar-refractivity contribution in [1.82, 2.24) is 0 Å². The van der Waals surface area contributed by atoms with Gasteiger partial charge in [0.05, 0.1) is 32.0 Å². The average Bonchev–Trinajstić information content (AvgIpc) is 2.82. The summed E-state index contributed by atoms with van der Waals surface area (Å²) in [4.78, 5) is 13.4. The van der Waals surface area contributed by atoms with E-state index >= 15 is 0 Å². The quantitative estimate of drug-likeness (QED) is 0.187. The Morgan fingerprint density at radius 1 is 0.694 bits per heavy atom. The monoisotopic (exact) mass is 496 g/mol. The Kier molecular flexibility index (Phi) is 11.9. The topological polar surface area (TPSA) is 54.0 Å². The zero-order valence-corrected chi connectivity index (χ0v) is 23.3. The fourth-order valence-electron chi connectivity index (χ4n) is 3.13. The van der Waals surface area contributed by atoms with E-state index in [1.165, 1.54) is 0 Å². The molecule has 5 nitrogen and oxygen atoms in total. The molecule has 0 atom stereocenters. The molecule has 0 N–H and O–H groups in total. The molecular weight excluding hydrogens is 452 g/mol. The molecule has 36 heavy (non-hydrogen) atoms. The molecular formula is C31H44O5. The van der Waals surface area contributed by atoms with E-state index in [-0.39, 0.29) is 5.78 Å². The lowest BCUT2D eigenvalue weighted by Crippen LogP contribution is -2.11. The maximum absolute atomic E-state index is 13.4. The first-order valence-corrected chi connectivity index (χ1v) is 13.1. The zero-order valence-electron chi connectivity index (χ0n) is 23.3. The standard InChI is InChI=1S/C31H44O5/c1-21(2)17-33-26-13-15-29(34-18-22(3)4)25(16-26)12-14-28(32)27-10-9-11-30(35-19-23(5)6)31(27)36-20-24(7)8/h9-16,21-24H,17-20H2,1-8H3/b14-12+. The Morgan fingerprint density at radius 2 is 1.25 bits per heavy atom. The molecule has 0 fully saturated rings. The molecule has 2 aromatic carbocycles. The minimum atomic E-state index is -0.160. The van der Waals surface area contributed by atoms with E-state index in [0.717, 1.165) is 17.1 Å². The van der Waals surface area contributed by atoms with Gasteiger partial charge in [-0.25, -0.2) is 0 Å². The van der Waals surface area contributed by atoms with Crippen molar-refractivity contribution in [1.29, 1.82) is 0 Å². The van der Waals surface area contributed by atoms with Crippen molar-refractivity contribution < 1.29 is 23.7 Å². The zero-order chi connectivity index (χ0) is 26.7. The molecule has 0 saturated heterocycles. The van der Waals surface area contributed by atoms with Gasteiger partial charge in [-0.05, 0) is 66.2 Å². The summed E-state index contributed by atoms with van der Waals surface area (Å²) in [6.45, 7) is 19.0. The highest BCUT2D eigenvalue weighted by molar-refractivity contribution is 6.09. The highest BCUT2D eigenvalue weighted by Crippen LogP contribution is 2.33. The normalized spacial score (nSPS) is 11.7. The largest absolute Gasteiger partial charge is 0.493 e. The van der Waals surface area contributed by atoms with Gasteiger partial charge >= 0.3 is 0 Å². The second-order valence-corrected chi connectivity index (χ2v) is 10.8. The SMILES string of the molecule is CC(C)COc1ccc(OCC(C)C)c(/C=C/C(=O)c2cccc(OCC(C)C)c2OCC(C)C)c1. The fourth-order valence-corrected chi connectivity index (χ4v) is 3.13.